The third-order valence-corrected chi connectivity index (χ3v) is 2.12. The maximum Gasteiger partial charge on any atom is 0.109 e. The van der Waals surface area contributed by atoms with Gasteiger partial charge in [0.2, 0.25) is 0 Å². The molecule has 0 aliphatic rings. The summed E-state index contributed by atoms with van der Waals surface area (Å²) in [5.74, 6) is 0. The van der Waals surface area contributed by atoms with E-state index < -0.39 is 0 Å². The standard InChI is InChI=1S/C9H9ClN4/c1-6-2-13-14(5-6)9-7(10)3-12-4-8(9)11/h2-5H,11H2,1H3. The van der Waals surface area contributed by atoms with E-state index in [1.807, 2.05) is 13.1 Å². The lowest BCUT2D eigenvalue weighted by Crippen LogP contribution is -2.01. The molecule has 0 spiro atoms. The first kappa shape index (κ1) is 9.02. The summed E-state index contributed by atoms with van der Waals surface area (Å²) in [6.07, 6.45) is 6.70. The van der Waals surface area contributed by atoms with Gasteiger partial charge in [-0.25, -0.2) is 4.68 Å². The van der Waals surface area contributed by atoms with Gasteiger partial charge in [0.1, 0.15) is 5.69 Å². The van der Waals surface area contributed by atoms with Crippen LogP contribution in [-0.4, -0.2) is 14.8 Å². The predicted octanol–water partition coefficient (Wildman–Crippen LogP) is 1.81. The predicted molar refractivity (Wildman–Crippen MR) is 55.5 cm³/mol. The molecule has 4 nitrogen and oxygen atoms in total. The molecule has 2 N–H and O–H groups in total. The molecule has 14 heavy (non-hydrogen) atoms. The molecule has 0 fully saturated rings. The maximum absolute atomic E-state index is 5.97. The van der Waals surface area contributed by atoms with E-state index in [0.717, 1.165) is 5.56 Å². The summed E-state index contributed by atoms with van der Waals surface area (Å²) < 4.78 is 1.65. The smallest absolute Gasteiger partial charge is 0.109 e. The fraction of sp³-hybridized carbons (Fsp3) is 0.111. The molecule has 0 saturated carbocycles. The van der Waals surface area contributed by atoms with Crippen LogP contribution in [0.2, 0.25) is 5.02 Å². The Morgan fingerprint density at radius 3 is 2.71 bits per heavy atom. The molecule has 0 aliphatic carbocycles. The van der Waals surface area contributed by atoms with Gasteiger partial charge < -0.3 is 5.73 Å². The largest absolute Gasteiger partial charge is 0.396 e. The number of aryl methyl sites for hydroxylation is 1. The van der Waals surface area contributed by atoms with Gasteiger partial charge in [-0.15, -0.1) is 0 Å². The van der Waals surface area contributed by atoms with E-state index in [4.69, 9.17) is 17.3 Å². The molecule has 0 bridgehead atoms. The van der Waals surface area contributed by atoms with Gasteiger partial charge in [-0.05, 0) is 12.5 Å². The minimum Gasteiger partial charge on any atom is -0.396 e. The van der Waals surface area contributed by atoms with Crippen LogP contribution in [0.25, 0.3) is 5.69 Å². The highest BCUT2D eigenvalue weighted by Gasteiger charge is 2.07. The fourth-order valence-corrected chi connectivity index (χ4v) is 1.47. The molecular formula is C9H9ClN4. The van der Waals surface area contributed by atoms with Crippen molar-refractivity contribution >= 4 is 17.3 Å². The molecule has 0 unspecified atom stereocenters. The van der Waals surface area contributed by atoms with Gasteiger partial charge in [-0.1, -0.05) is 11.6 Å². The Morgan fingerprint density at radius 1 is 1.36 bits per heavy atom. The molecule has 0 atom stereocenters. The van der Waals surface area contributed by atoms with Gasteiger partial charge in [-0.2, -0.15) is 5.10 Å². The Balaban J connectivity index is 2.61. The van der Waals surface area contributed by atoms with Crippen LogP contribution in [0.5, 0.6) is 0 Å². The van der Waals surface area contributed by atoms with E-state index in [9.17, 15) is 0 Å². The van der Waals surface area contributed by atoms with Crippen molar-refractivity contribution in [3.63, 3.8) is 0 Å². The van der Waals surface area contributed by atoms with Gasteiger partial charge in [0.15, 0.2) is 0 Å². The van der Waals surface area contributed by atoms with Crippen LogP contribution in [0.1, 0.15) is 5.56 Å². The molecule has 2 rings (SSSR count). The highest BCUT2D eigenvalue weighted by molar-refractivity contribution is 6.32. The second-order valence-electron chi connectivity index (χ2n) is 3.02. The monoisotopic (exact) mass is 208 g/mol. The lowest BCUT2D eigenvalue weighted by Gasteiger charge is -2.06. The Labute approximate surface area is 86.3 Å². The summed E-state index contributed by atoms with van der Waals surface area (Å²) in [7, 11) is 0. The van der Waals surface area contributed by atoms with E-state index in [2.05, 4.69) is 10.1 Å². The van der Waals surface area contributed by atoms with Crippen molar-refractivity contribution in [3.8, 4) is 5.69 Å². The minimum absolute atomic E-state index is 0.494. The van der Waals surface area contributed by atoms with Crippen molar-refractivity contribution in [2.45, 2.75) is 6.92 Å². The van der Waals surface area contributed by atoms with E-state index >= 15 is 0 Å². The summed E-state index contributed by atoms with van der Waals surface area (Å²) in [5.41, 5.74) is 8.00. The third kappa shape index (κ3) is 1.44. The summed E-state index contributed by atoms with van der Waals surface area (Å²) >= 11 is 5.97. The average molecular weight is 209 g/mol. The zero-order chi connectivity index (χ0) is 10.1. The molecule has 2 aromatic heterocycles. The zero-order valence-electron chi connectivity index (χ0n) is 7.61. The molecule has 0 saturated heterocycles. The Kier molecular flexibility index (Phi) is 2.13. The number of nitrogen functional groups attached to an aromatic ring is 1. The van der Waals surface area contributed by atoms with Gasteiger partial charge in [0.25, 0.3) is 0 Å². The molecule has 0 aliphatic heterocycles. The lowest BCUT2D eigenvalue weighted by atomic mass is 10.3. The zero-order valence-corrected chi connectivity index (χ0v) is 8.36. The van der Waals surface area contributed by atoms with Crippen molar-refractivity contribution in [1.29, 1.82) is 0 Å². The number of halogens is 1. The van der Waals surface area contributed by atoms with Crippen molar-refractivity contribution in [3.05, 3.63) is 35.4 Å². The molecule has 5 heteroatoms. The van der Waals surface area contributed by atoms with Crippen molar-refractivity contribution in [1.82, 2.24) is 14.8 Å². The number of nitrogens with zero attached hydrogens (tertiary/aromatic N) is 3. The third-order valence-electron chi connectivity index (χ3n) is 1.84. The van der Waals surface area contributed by atoms with E-state index in [1.165, 1.54) is 0 Å². The molecule has 0 radical (unpaired) electrons. The topological polar surface area (TPSA) is 56.7 Å². The van der Waals surface area contributed by atoms with Crippen LogP contribution >= 0.6 is 11.6 Å². The van der Waals surface area contributed by atoms with E-state index in [-0.39, 0.29) is 0 Å². The highest BCUT2D eigenvalue weighted by atomic mass is 35.5. The number of hydrogen-bond donors (Lipinski definition) is 1. The Morgan fingerprint density at radius 2 is 2.14 bits per heavy atom. The molecule has 72 valence electrons. The summed E-state index contributed by atoms with van der Waals surface area (Å²) in [6, 6.07) is 0. The van der Waals surface area contributed by atoms with Crippen molar-refractivity contribution < 1.29 is 0 Å². The highest BCUT2D eigenvalue weighted by Crippen LogP contribution is 2.24. The maximum atomic E-state index is 5.97. The van der Waals surface area contributed by atoms with E-state index in [1.54, 1.807) is 23.3 Å². The molecule has 0 amide bonds. The van der Waals surface area contributed by atoms with Crippen LogP contribution in [-0.2, 0) is 0 Å². The van der Waals surface area contributed by atoms with Gasteiger partial charge in [0, 0.05) is 12.4 Å². The second kappa shape index (κ2) is 3.31. The Bertz CT molecular complexity index is 443. The van der Waals surface area contributed by atoms with Crippen molar-refractivity contribution in [2.75, 3.05) is 5.73 Å². The van der Waals surface area contributed by atoms with Crippen LogP contribution in [0.3, 0.4) is 0 Å². The Hall–Kier alpha value is -1.55. The minimum atomic E-state index is 0.494. The van der Waals surface area contributed by atoms with Gasteiger partial charge >= 0.3 is 0 Å². The lowest BCUT2D eigenvalue weighted by molar-refractivity contribution is 0.880. The molecule has 0 aromatic carbocycles. The summed E-state index contributed by atoms with van der Waals surface area (Å²) in [5, 5.41) is 4.63. The molecule has 2 aromatic rings. The number of rotatable bonds is 1. The first-order chi connectivity index (χ1) is 6.68. The van der Waals surface area contributed by atoms with Crippen molar-refractivity contribution in [2.24, 2.45) is 0 Å². The van der Waals surface area contributed by atoms with Gasteiger partial charge in [0.05, 0.1) is 23.1 Å². The fourth-order valence-electron chi connectivity index (χ4n) is 1.22. The van der Waals surface area contributed by atoms with Crippen LogP contribution in [0.4, 0.5) is 5.69 Å². The van der Waals surface area contributed by atoms with Crippen LogP contribution in [0.15, 0.2) is 24.8 Å². The number of hydrogen-bond acceptors (Lipinski definition) is 3. The van der Waals surface area contributed by atoms with Crippen LogP contribution in [0, 0.1) is 6.92 Å². The van der Waals surface area contributed by atoms with Crippen LogP contribution < -0.4 is 5.73 Å². The summed E-state index contributed by atoms with van der Waals surface area (Å²) in [4.78, 5) is 3.88. The number of anilines is 1. The normalized spacial score (nSPS) is 10.4. The van der Waals surface area contributed by atoms with Gasteiger partial charge in [-0.3, -0.25) is 4.98 Å². The number of pyridine rings is 1. The second-order valence-corrected chi connectivity index (χ2v) is 3.43. The quantitative estimate of drug-likeness (QED) is 0.778. The SMILES string of the molecule is Cc1cnn(-c2c(N)cncc2Cl)c1. The summed E-state index contributed by atoms with van der Waals surface area (Å²) in [6.45, 7) is 1.95. The first-order valence-electron chi connectivity index (χ1n) is 4.09. The first-order valence-corrected chi connectivity index (χ1v) is 4.47. The number of nitrogens with two attached hydrogens (primary N) is 1. The molecular weight excluding hydrogens is 200 g/mol. The molecule has 2 heterocycles. The average Bonchev–Trinajstić information content (AvgIpc) is 2.51. The number of aromatic nitrogens is 3. The van der Waals surface area contributed by atoms with E-state index in [0.29, 0.717) is 16.4 Å².